The lowest BCUT2D eigenvalue weighted by Crippen LogP contribution is -2.53. The molecule has 1 spiro atoms. The van der Waals surface area contributed by atoms with Gasteiger partial charge in [0.2, 0.25) is 5.76 Å². The number of para-hydroxylation sites is 1. The molecule has 2 aromatic heterocycles. The summed E-state index contributed by atoms with van der Waals surface area (Å²) in [6.07, 6.45) is 0.658. The molecule has 9 nitrogen and oxygen atoms in total. The predicted octanol–water partition coefficient (Wildman–Crippen LogP) is 5.01. The SMILES string of the molecule is CCCN1C(=O)C2(c3ccccc31)c1c(oc3cc(C)c(C)cc3c1=O)C(=O)N2c1nc(C)c(C(=O)OCC)s1. The number of aromatic nitrogens is 1. The third kappa shape index (κ3) is 3.28. The maximum absolute atomic E-state index is 14.6. The molecule has 204 valence electrons. The Balaban J connectivity index is 1.72. The molecule has 4 heterocycles. The van der Waals surface area contributed by atoms with E-state index in [2.05, 4.69) is 4.98 Å². The summed E-state index contributed by atoms with van der Waals surface area (Å²) in [5.41, 5.74) is 1.18. The van der Waals surface area contributed by atoms with Crippen molar-refractivity contribution in [3.05, 3.63) is 85.2 Å². The molecule has 1 atom stereocenters. The zero-order valence-electron chi connectivity index (χ0n) is 22.8. The summed E-state index contributed by atoms with van der Waals surface area (Å²) in [4.78, 5) is 63.6. The first-order valence-corrected chi connectivity index (χ1v) is 14.0. The summed E-state index contributed by atoms with van der Waals surface area (Å²) in [5.74, 6) is -1.88. The number of carbonyl (C=O) groups excluding carboxylic acids is 3. The normalized spacial score (nSPS) is 17.7. The number of ether oxygens (including phenoxy) is 1. The van der Waals surface area contributed by atoms with Crippen molar-refractivity contribution in [2.75, 3.05) is 23.0 Å². The Bertz CT molecular complexity index is 1820. The minimum atomic E-state index is -1.85. The van der Waals surface area contributed by atoms with Crippen molar-refractivity contribution in [3.8, 4) is 0 Å². The summed E-state index contributed by atoms with van der Waals surface area (Å²) in [6.45, 7) is 9.64. The van der Waals surface area contributed by atoms with Crippen LogP contribution in [-0.4, -0.2) is 35.9 Å². The number of anilines is 2. The predicted molar refractivity (Wildman–Crippen MR) is 151 cm³/mol. The molecule has 2 aliphatic rings. The topological polar surface area (TPSA) is 110 Å². The molecule has 2 aliphatic heterocycles. The number of amides is 2. The zero-order valence-corrected chi connectivity index (χ0v) is 23.6. The Morgan fingerprint density at radius 1 is 1.07 bits per heavy atom. The molecule has 1 unspecified atom stereocenters. The van der Waals surface area contributed by atoms with Crippen LogP contribution in [0, 0.1) is 20.8 Å². The van der Waals surface area contributed by atoms with E-state index in [-0.39, 0.29) is 38.9 Å². The molecule has 40 heavy (non-hydrogen) atoms. The number of benzene rings is 2. The standard InChI is InChI=1S/C30H27N3O6S/c1-6-12-32-20-11-9-8-10-19(20)30(28(32)37)22-23(34)18-13-15(3)16(4)14-21(18)39-24(22)26(35)33(30)29-31-17(5)25(40-29)27(36)38-7-2/h8-11,13-14H,6-7,12H2,1-5H3. The summed E-state index contributed by atoms with van der Waals surface area (Å²) in [5, 5.41) is 0.395. The molecule has 0 fully saturated rings. The van der Waals surface area contributed by atoms with E-state index in [1.165, 1.54) is 4.90 Å². The number of fused-ring (bicyclic) bond motifs is 5. The van der Waals surface area contributed by atoms with Gasteiger partial charge < -0.3 is 14.1 Å². The number of nitrogens with zero attached hydrogens (tertiary/aromatic N) is 3. The van der Waals surface area contributed by atoms with E-state index in [1.807, 2.05) is 32.9 Å². The van der Waals surface area contributed by atoms with E-state index in [0.717, 1.165) is 22.5 Å². The number of esters is 1. The third-order valence-electron chi connectivity index (χ3n) is 7.63. The Morgan fingerprint density at radius 2 is 1.80 bits per heavy atom. The first kappa shape index (κ1) is 25.9. The maximum Gasteiger partial charge on any atom is 0.350 e. The van der Waals surface area contributed by atoms with Crippen molar-refractivity contribution in [3.63, 3.8) is 0 Å². The lowest BCUT2D eigenvalue weighted by molar-refractivity contribution is -0.121. The molecule has 2 amide bonds. The van der Waals surface area contributed by atoms with Gasteiger partial charge in [-0.1, -0.05) is 36.5 Å². The fourth-order valence-electron chi connectivity index (χ4n) is 5.73. The molecule has 6 rings (SSSR count). The van der Waals surface area contributed by atoms with Crippen molar-refractivity contribution in [1.82, 2.24) is 4.98 Å². The van der Waals surface area contributed by atoms with Crippen molar-refractivity contribution in [1.29, 1.82) is 0 Å². The highest BCUT2D eigenvalue weighted by Gasteiger charge is 2.66. The Kier molecular flexibility index (Phi) is 5.92. The number of carbonyl (C=O) groups is 3. The number of aryl methyl sites for hydroxylation is 3. The van der Waals surface area contributed by atoms with Gasteiger partial charge in [-0.15, -0.1) is 0 Å². The molecule has 0 N–H and O–H groups in total. The highest BCUT2D eigenvalue weighted by molar-refractivity contribution is 7.17. The second-order valence-corrected chi connectivity index (χ2v) is 11.0. The fraction of sp³-hybridized carbons (Fsp3) is 0.300. The van der Waals surface area contributed by atoms with Gasteiger partial charge in [-0.25, -0.2) is 9.78 Å². The lowest BCUT2D eigenvalue weighted by atomic mass is 9.84. The number of rotatable bonds is 5. The third-order valence-corrected chi connectivity index (χ3v) is 8.75. The van der Waals surface area contributed by atoms with Crippen molar-refractivity contribution < 1.29 is 23.5 Å². The minimum absolute atomic E-state index is 0.0326. The Hall–Kier alpha value is -4.31. The van der Waals surface area contributed by atoms with Crippen LogP contribution in [0.3, 0.4) is 0 Å². The van der Waals surface area contributed by atoms with Crippen LogP contribution >= 0.6 is 11.3 Å². The van der Waals surface area contributed by atoms with Gasteiger partial charge in [0.25, 0.3) is 11.8 Å². The molecule has 0 saturated carbocycles. The van der Waals surface area contributed by atoms with Gasteiger partial charge in [-0.05, 0) is 63.4 Å². The van der Waals surface area contributed by atoms with Gasteiger partial charge >= 0.3 is 5.97 Å². The molecule has 0 radical (unpaired) electrons. The minimum Gasteiger partial charge on any atom is -0.462 e. The van der Waals surface area contributed by atoms with Gasteiger partial charge in [0.1, 0.15) is 10.5 Å². The van der Waals surface area contributed by atoms with Gasteiger partial charge in [-0.2, -0.15) is 0 Å². The van der Waals surface area contributed by atoms with Gasteiger partial charge in [-0.3, -0.25) is 19.3 Å². The number of hydrogen-bond donors (Lipinski definition) is 0. The maximum atomic E-state index is 14.6. The Labute approximate surface area is 234 Å². The average Bonchev–Trinajstić information content (AvgIpc) is 3.51. The number of hydrogen-bond acceptors (Lipinski definition) is 8. The van der Waals surface area contributed by atoms with Crippen LogP contribution in [0.15, 0.2) is 45.6 Å². The number of thiazole rings is 1. The summed E-state index contributed by atoms with van der Waals surface area (Å²) in [6, 6.07) is 10.6. The van der Waals surface area contributed by atoms with Crippen LogP contribution in [0.5, 0.6) is 0 Å². The lowest BCUT2D eigenvalue weighted by Gasteiger charge is -2.32. The van der Waals surface area contributed by atoms with Crippen LogP contribution in [-0.2, 0) is 15.1 Å². The fourth-order valence-corrected chi connectivity index (χ4v) is 6.74. The van der Waals surface area contributed by atoms with Crippen LogP contribution in [0.1, 0.15) is 68.4 Å². The largest absolute Gasteiger partial charge is 0.462 e. The van der Waals surface area contributed by atoms with Gasteiger partial charge in [0.05, 0.1) is 28.9 Å². The monoisotopic (exact) mass is 557 g/mol. The molecule has 2 aromatic carbocycles. The Morgan fingerprint density at radius 3 is 2.52 bits per heavy atom. The van der Waals surface area contributed by atoms with Crippen molar-refractivity contribution in [2.45, 2.75) is 46.6 Å². The van der Waals surface area contributed by atoms with E-state index in [0.29, 0.717) is 29.9 Å². The average molecular weight is 558 g/mol. The molecular weight excluding hydrogens is 530 g/mol. The molecule has 0 saturated heterocycles. The van der Waals surface area contributed by atoms with E-state index in [1.54, 1.807) is 43.0 Å². The van der Waals surface area contributed by atoms with Gasteiger partial charge in [0, 0.05) is 12.1 Å². The van der Waals surface area contributed by atoms with Crippen LogP contribution in [0.4, 0.5) is 10.8 Å². The van der Waals surface area contributed by atoms with Crippen LogP contribution in [0.25, 0.3) is 11.0 Å². The molecule has 10 heteroatoms. The molecule has 0 aliphatic carbocycles. The second-order valence-electron chi connectivity index (χ2n) is 10.0. The quantitative estimate of drug-likeness (QED) is 0.317. The van der Waals surface area contributed by atoms with Crippen LogP contribution in [0.2, 0.25) is 0 Å². The van der Waals surface area contributed by atoms with Gasteiger partial charge in [0.15, 0.2) is 16.1 Å². The molecular formula is C30H27N3O6S. The van der Waals surface area contributed by atoms with Crippen LogP contribution < -0.4 is 15.2 Å². The molecule has 4 aromatic rings. The van der Waals surface area contributed by atoms with E-state index < -0.39 is 28.8 Å². The summed E-state index contributed by atoms with van der Waals surface area (Å²) in [7, 11) is 0. The first-order valence-electron chi connectivity index (χ1n) is 13.2. The highest BCUT2D eigenvalue weighted by atomic mass is 32.1. The second kappa shape index (κ2) is 9.12. The van der Waals surface area contributed by atoms with E-state index in [4.69, 9.17) is 9.15 Å². The van der Waals surface area contributed by atoms with E-state index >= 15 is 0 Å². The smallest absolute Gasteiger partial charge is 0.350 e. The van der Waals surface area contributed by atoms with Crippen molar-refractivity contribution >= 4 is 50.9 Å². The summed E-state index contributed by atoms with van der Waals surface area (Å²) >= 11 is 0.951. The zero-order chi connectivity index (χ0) is 28.5. The molecule has 0 bridgehead atoms. The van der Waals surface area contributed by atoms with E-state index in [9.17, 15) is 19.2 Å². The van der Waals surface area contributed by atoms with Crippen molar-refractivity contribution in [2.24, 2.45) is 0 Å². The first-order chi connectivity index (χ1) is 19.2. The summed E-state index contributed by atoms with van der Waals surface area (Å²) < 4.78 is 11.4. The highest BCUT2D eigenvalue weighted by Crippen LogP contribution is 2.54.